The molecule has 2 aliphatic heterocycles. The molecule has 0 radical (unpaired) electrons. The second kappa shape index (κ2) is 9.53. The fourth-order valence-corrected chi connectivity index (χ4v) is 3.59. The van der Waals surface area contributed by atoms with Crippen LogP contribution in [0.4, 0.5) is 0 Å². The molecule has 0 aromatic heterocycles. The van der Waals surface area contributed by atoms with E-state index in [0.29, 0.717) is 11.4 Å². The number of carbonyl (C=O) groups is 1. The van der Waals surface area contributed by atoms with E-state index in [0.717, 1.165) is 71.0 Å². The average molecular weight is 367 g/mol. The number of hydrogen-bond donors (Lipinski definition) is 0. The zero-order valence-electron chi connectivity index (χ0n) is 14.7. The van der Waals surface area contributed by atoms with Crippen molar-refractivity contribution in [1.82, 2.24) is 9.80 Å². The zero-order chi connectivity index (χ0) is 17.5. The summed E-state index contributed by atoms with van der Waals surface area (Å²) in [5, 5.41) is 0.699. The predicted octanol–water partition coefficient (Wildman–Crippen LogP) is 2.22. The van der Waals surface area contributed by atoms with Gasteiger partial charge in [-0.3, -0.25) is 9.69 Å². The molecule has 6 heteroatoms. The van der Waals surface area contributed by atoms with E-state index in [9.17, 15) is 4.79 Å². The number of halogens is 1. The third-order valence-electron chi connectivity index (χ3n) is 4.98. The Hall–Kier alpha value is -1.14. The van der Waals surface area contributed by atoms with E-state index in [4.69, 9.17) is 21.1 Å². The van der Waals surface area contributed by atoms with Crippen molar-refractivity contribution < 1.29 is 14.3 Å². The number of hydrogen-bond acceptors (Lipinski definition) is 4. The van der Waals surface area contributed by atoms with Crippen LogP contribution in [0.3, 0.4) is 0 Å². The molecule has 3 rings (SSSR count). The number of carbonyl (C=O) groups excluding carboxylic acids is 1. The molecule has 0 saturated carbocycles. The normalized spacial score (nSPS) is 19.7. The molecular weight excluding hydrogens is 340 g/mol. The standard InChI is InChI=1S/C19H27ClN2O3/c20-17-3-1-16(2-4-17)15-19(23)22(18-5-11-24-12-6-18)8-7-21-9-13-25-14-10-21/h1-4,18H,5-15H2. The molecule has 1 aromatic rings. The zero-order valence-corrected chi connectivity index (χ0v) is 15.4. The smallest absolute Gasteiger partial charge is 0.227 e. The number of ether oxygens (including phenoxy) is 2. The van der Waals surface area contributed by atoms with E-state index in [2.05, 4.69) is 9.80 Å². The molecule has 138 valence electrons. The summed E-state index contributed by atoms with van der Waals surface area (Å²) < 4.78 is 10.9. The van der Waals surface area contributed by atoms with Crippen molar-refractivity contribution >= 4 is 17.5 Å². The van der Waals surface area contributed by atoms with Gasteiger partial charge in [-0.15, -0.1) is 0 Å². The van der Waals surface area contributed by atoms with Crippen LogP contribution in [-0.2, 0) is 20.7 Å². The van der Waals surface area contributed by atoms with Gasteiger partial charge in [-0.2, -0.15) is 0 Å². The molecule has 1 aromatic carbocycles. The molecular formula is C19H27ClN2O3. The van der Waals surface area contributed by atoms with Gasteiger partial charge in [0.1, 0.15) is 0 Å². The lowest BCUT2D eigenvalue weighted by atomic mass is 10.0. The van der Waals surface area contributed by atoms with Gasteiger partial charge in [-0.05, 0) is 30.5 Å². The lowest BCUT2D eigenvalue weighted by molar-refractivity contribution is -0.135. The fourth-order valence-electron chi connectivity index (χ4n) is 3.46. The molecule has 0 bridgehead atoms. The Bertz CT molecular complexity index is 540. The molecule has 0 spiro atoms. The third-order valence-corrected chi connectivity index (χ3v) is 5.23. The number of rotatable bonds is 6. The quantitative estimate of drug-likeness (QED) is 0.774. The summed E-state index contributed by atoms with van der Waals surface area (Å²) >= 11 is 5.94. The Labute approximate surface area is 154 Å². The van der Waals surface area contributed by atoms with Crippen LogP contribution in [-0.4, -0.2) is 74.4 Å². The van der Waals surface area contributed by atoms with Gasteiger partial charge >= 0.3 is 0 Å². The predicted molar refractivity (Wildman–Crippen MR) is 98.0 cm³/mol. The lowest BCUT2D eigenvalue weighted by Crippen LogP contribution is -2.49. The first-order valence-electron chi connectivity index (χ1n) is 9.14. The van der Waals surface area contributed by atoms with Crippen LogP contribution in [0.2, 0.25) is 5.02 Å². The molecule has 0 N–H and O–H groups in total. The van der Waals surface area contributed by atoms with Crippen molar-refractivity contribution in [3.05, 3.63) is 34.9 Å². The molecule has 0 atom stereocenters. The Morgan fingerprint density at radius 2 is 1.72 bits per heavy atom. The maximum atomic E-state index is 13.0. The topological polar surface area (TPSA) is 42.0 Å². The van der Waals surface area contributed by atoms with Gasteiger partial charge < -0.3 is 14.4 Å². The maximum absolute atomic E-state index is 13.0. The molecule has 2 heterocycles. The third kappa shape index (κ3) is 5.68. The van der Waals surface area contributed by atoms with Crippen molar-refractivity contribution in [3.8, 4) is 0 Å². The van der Waals surface area contributed by atoms with E-state index >= 15 is 0 Å². The molecule has 5 nitrogen and oxygen atoms in total. The fraction of sp³-hybridized carbons (Fsp3) is 0.632. The van der Waals surface area contributed by atoms with Gasteiger partial charge in [-0.1, -0.05) is 23.7 Å². The molecule has 0 unspecified atom stereocenters. The van der Waals surface area contributed by atoms with Gasteiger partial charge in [0.2, 0.25) is 5.91 Å². The van der Waals surface area contributed by atoms with Crippen LogP contribution in [0.5, 0.6) is 0 Å². The van der Waals surface area contributed by atoms with Crippen molar-refractivity contribution in [2.45, 2.75) is 25.3 Å². The minimum atomic E-state index is 0.197. The number of nitrogens with zero attached hydrogens (tertiary/aromatic N) is 2. The lowest BCUT2D eigenvalue weighted by Gasteiger charge is -2.36. The first-order valence-corrected chi connectivity index (χ1v) is 9.52. The summed E-state index contributed by atoms with van der Waals surface area (Å²) in [4.78, 5) is 17.4. The Balaban J connectivity index is 1.61. The second-order valence-electron chi connectivity index (χ2n) is 6.69. The van der Waals surface area contributed by atoms with Gasteiger partial charge in [0.25, 0.3) is 0 Å². The van der Waals surface area contributed by atoms with E-state index in [1.165, 1.54) is 0 Å². The highest BCUT2D eigenvalue weighted by Gasteiger charge is 2.26. The van der Waals surface area contributed by atoms with Gasteiger partial charge in [-0.25, -0.2) is 0 Å². The number of benzene rings is 1. The summed E-state index contributed by atoms with van der Waals surface area (Å²) in [7, 11) is 0. The summed E-state index contributed by atoms with van der Waals surface area (Å²) in [6, 6.07) is 7.84. The summed E-state index contributed by atoms with van der Waals surface area (Å²) in [6.07, 6.45) is 2.28. The van der Waals surface area contributed by atoms with Crippen LogP contribution in [0.1, 0.15) is 18.4 Å². The highest BCUT2D eigenvalue weighted by Crippen LogP contribution is 2.17. The second-order valence-corrected chi connectivity index (χ2v) is 7.12. The van der Waals surface area contributed by atoms with Crippen molar-refractivity contribution in [3.63, 3.8) is 0 Å². The highest BCUT2D eigenvalue weighted by molar-refractivity contribution is 6.30. The van der Waals surface area contributed by atoms with Crippen molar-refractivity contribution in [1.29, 1.82) is 0 Å². The highest BCUT2D eigenvalue weighted by atomic mass is 35.5. The van der Waals surface area contributed by atoms with Crippen molar-refractivity contribution in [2.75, 3.05) is 52.6 Å². The van der Waals surface area contributed by atoms with E-state index in [1.54, 1.807) is 0 Å². The van der Waals surface area contributed by atoms with Crippen LogP contribution in [0, 0.1) is 0 Å². The van der Waals surface area contributed by atoms with Gasteiger partial charge in [0.05, 0.1) is 19.6 Å². The number of amides is 1. The van der Waals surface area contributed by atoms with Gasteiger partial charge in [0.15, 0.2) is 0 Å². The van der Waals surface area contributed by atoms with Gasteiger partial charge in [0, 0.05) is 50.5 Å². The summed E-state index contributed by atoms with van der Waals surface area (Å²) in [5.74, 6) is 0.197. The molecule has 2 aliphatic rings. The van der Waals surface area contributed by atoms with E-state index in [-0.39, 0.29) is 11.9 Å². The minimum absolute atomic E-state index is 0.197. The van der Waals surface area contributed by atoms with E-state index in [1.807, 2.05) is 24.3 Å². The van der Waals surface area contributed by atoms with Crippen LogP contribution < -0.4 is 0 Å². The molecule has 25 heavy (non-hydrogen) atoms. The SMILES string of the molecule is O=C(Cc1ccc(Cl)cc1)N(CCN1CCOCC1)C1CCOCC1. The van der Waals surface area contributed by atoms with E-state index < -0.39 is 0 Å². The molecule has 1 amide bonds. The monoisotopic (exact) mass is 366 g/mol. The first kappa shape index (κ1) is 18.6. The minimum Gasteiger partial charge on any atom is -0.381 e. The van der Waals surface area contributed by atoms with Crippen LogP contribution in [0.25, 0.3) is 0 Å². The molecule has 2 fully saturated rings. The first-order chi connectivity index (χ1) is 12.2. The average Bonchev–Trinajstić information content (AvgIpc) is 2.65. The van der Waals surface area contributed by atoms with Crippen LogP contribution in [0.15, 0.2) is 24.3 Å². The summed E-state index contributed by atoms with van der Waals surface area (Å²) in [6.45, 7) is 6.65. The largest absolute Gasteiger partial charge is 0.381 e. The summed E-state index contributed by atoms with van der Waals surface area (Å²) in [5.41, 5.74) is 1.01. The Kier molecular flexibility index (Phi) is 7.11. The molecule has 0 aliphatic carbocycles. The maximum Gasteiger partial charge on any atom is 0.227 e. The Morgan fingerprint density at radius 3 is 2.40 bits per heavy atom. The van der Waals surface area contributed by atoms with Crippen LogP contribution >= 0.6 is 11.6 Å². The Morgan fingerprint density at radius 1 is 1.08 bits per heavy atom. The number of morpholine rings is 1. The molecule has 2 saturated heterocycles. The van der Waals surface area contributed by atoms with Crippen molar-refractivity contribution in [2.24, 2.45) is 0 Å².